The van der Waals surface area contributed by atoms with E-state index in [0.29, 0.717) is 19.1 Å². The van der Waals surface area contributed by atoms with Crippen molar-refractivity contribution in [3.8, 4) is 17.5 Å². The maximum absolute atomic E-state index is 13.1. The first-order valence-electron chi connectivity index (χ1n) is 10.7. The van der Waals surface area contributed by atoms with Crippen LogP contribution in [0.2, 0.25) is 0 Å². The van der Waals surface area contributed by atoms with E-state index in [1.807, 2.05) is 56.7 Å². The molecule has 1 amide bonds. The van der Waals surface area contributed by atoms with Crippen molar-refractivity contribution in [2.45, 2.75) is 32.7 Å². The van der Waals surface area contributed by atoms with Crippen LogP contribution in [0.4, 0.5) is 0 Å². The molecule has 3 heterocycles. The first kappa shape index (κ1) is 21.4. The van der Waals surface area contributed by atoms with Gasteiger partial charge in [-0.2, -0.15) is 5.26 Å². The van der Waals surface area contributed by atoms with Crippen LogP contribution in [0.5, 0.6) is 5.75 Å². The minimum atomic E-state index is -0.203. The third kappa shape index (κ3) is 4.17. The van der Waals surface area contributed by atoms with Crippen LogP contribution in [-0.2, 0) is 4.79 Å². The van der Waals surface area contributed by atoms with E-state index >= 15 is 0 Å². The van der Waals surface area contributed by atoms with Gasteiger partial charge in [-0.25, -0.2) is 4.98 Å². The molecule has 0 spiro atoms. The predicted octanol–water partition coefficient (Wildman–Crippen LogP) is 4.07. The summed E-state index contributed by atoms with van der Waals surface area (Å²) in [6, 6.07) is 12.3. The highest BCUT2D eigenvalue weighted by Gasteiger charge is 2.26. The monoisotopic (exact) mass is 429 g/mol. The van der Waals surface area contributed by atoms with E-state index in [4.69, 9.17) is 4.74 Å². The fraction of sp³-hybridized carbons (Fsp3) is 0.320. The van der Waals surface area contributed by atoms with Crippen molar-refractivity contribution in [1.82, 2.24) is 19.0 Å². The van der Waals surface area contributed by atoms with Crippen molar-refractivity contribution in [2.24, 2.45) is 0 Å². The Balaban J connectivity index is 1.53. The lowest BCUT2D eigenvalue weighted by atomic mass is 10.0. The average molecular weight is 430 g/mol. The minimum Gasteiger partial charge on any atom is -0.497 e. The van der Waals surface area contributed by atoms with Gasteiger partial charge in [-0.1, -0.05) is 0 Å². The van der Waals surface area contributed by atoms with E-state index in [1.165, 1.54) is 0 Å². The van der Waals surface area contributed by atoms with Gasteiger partial charge in [0.25, 0.3) is 5.91 Å². The van der Waals surface area contributed by atoms with Gasteiger partial charge in [0.15, 0.2) is 0 Å². The van der Waals surface area contributed by atoms with E-state index in [-0.39, 0.29) is 11.5 Å². The number of benzene rings is 1. The molecule has 32 heavy (non-hydrogen) atoms. The van der Waals surface area contributed by atoms with Crippen LogP contribution in [0.15, 0.2) is 54.6 Å². The fourth-order valence-corrected chi connectivity index (χ4v) is 4.38. The van der Waals surface area contributed by atoms with E-state index in [0.717, 1.165) is 41.2 Å². The Kier molecular flexibility index (Phi) is 6.13. The number of imidazole rings is 1. The summed E-state index contributed by atoms with van der Waals surface area (Å²) < 4.78 is 9.45. The molecule has 164 valence electrons. The minimum absolute atomic E-state index is 0.168. The number of hydrogen-bond acceptors (Lipinski definition) is 4. The molecule has 0 aliphatic carbocycles. The first-order valence-corrected chi connectivity index (χ1v) is 10.7. The molecular formula is C25H27N5O2. The predicted molar refractivity (Wildman–Crippen MR) is 122 cm³/mol. The molecule has 3 aromatic rings. The molecule has 7 nitrogen and oxygen atoms in total. The molecular weight excluding hydrogens is 402 g/mol. The van der Waals surface area contributed by atoms with Gasteiger partial charge in [0.1, 0.15) is 17.4 Å². The number of aromatic nitrogens is 3. The second kappa shape index (κ2) is 9.15. The third-order valence-electron chi connectivity index (χ3n) is 6.15. The number of likely N-dealkylation sites (tertiary alicyclic amines) is 1. The molecule has 7 heteroatoms. The van der Waals surface area contributed by atoms with Crippen molar-refractivity contribution in [1.29, 1.82) is 5.26 Å². The summed E-state index contributed by atoms with van der Waals surface area (Å²) in [6.45, 7) is 5.28. The highest BCUT2D eigenvalue weighted by Crippen LogP contribution is 2.26. The standard InChI is InChI=1S/C25H27N5O2/c1-18-14-20(19(2)30(18)23-4-6-24(32-3)7-5-23)15-21(16-26)25(31)28-11-8-22(9-12-28)29-13-10-27-17-29/h4-7,10,13-15,17,22H,8-9,11-12H2,1-3H3/b21-15-. The molecule has 1 aromatic carbocycles. The lowest BCUT2D eigenvalue weighted by Crippen LogP contribution is -2.39. The Morgan fingerprint density at radius 3 is 2.53 bits per heavy atom. The highest BCUT2D eigenvalue weighted by molar-refractivity contribution is 6.01. The molecule has 0 saturated carbocycles. The number of carbonyl (C=O) groups excluding carboxylic acids is 1. The summed E-state index contributed by atoms with van der Waals surface area (Å²) in [6.07, 6.45) is 8.98. The molecule has 1 saturated heterocycles. The Hall–Kier alpha value is -3.79. The van der Waals surface area contributed by atoms with Gasteiger partial charge in [0, 0.05) is 48.6 Å². The van der Waals surface area contributed by atoms with Crippen molar-refractivity contribution >= 4 is 12.0 Å². The second-order valence-corrected chi connectivity index (χ2v) is 8.06. The van der Waals surface area contributed by atoms with Gasteiger partial charge in [-0.15, -0.1) is 0 Å². The number of ether oxygens (including phenoxy) is 1. The van der Waals surface area contributed by atoms with E-state index in [1.54, 1.807) is 24.3 Å². The second-order valence-electron chi connectivity index (χ2n) is 8.06. The van der Waals surface area contributed by atoms with Crippen LogP contribution in [0.25, 0.3) is 11.8 Å². The molecule has 4 rings (SSSR count). The van der Waals surface area contributed by atoms with Crippen LogP contribution in [-0.4, -0.2) is 45.1 Å². The van der Waals surface area contributed by atoms with Gasteiger partial charge in [-0.05, 0) is 68.7 Å². The number of nitriles is 1. The Morgan fingerprint density at radius 2 is 1.94 bits per heavy atom. The number of aryl methyl sites for hydroxylation is 1. The molecule has 0 atom stereocenters. The molecule has 0 unspecified atom stereocenters. The summed E-state index contributed by atoms with van der Waals surface area (Å²) in [7, 11) is 1.64. The topological polar surface area (TPSA) is 76.1 Å². The Labute approximate surface area is 188 Å². The number of nitrogens with zero attached hydrogens (tertiary/aromatic N) is 5. The van der Waals surface area contributed by atoms with Crippen LogP contribution in [0.3, 0.4) is 0 Å². The number of amides is 1. The normalized spacial score (nSPS) is 14.9. The largest absolute Gasteiger partial charge is 0.497 e. The van der Waals surface area contributed by atoms with Crippen molar-refractivity contribution in [3.63, 3.8) is 0 Å². The summed E-state index contributed by atoms with van der Waals surface area (Å²) >= 11 is 0. The molecule has 0 bridgehead atoms. The number of hydrogen-bond donors (Lipinski definition) is 0. The SMILES string of the molecule is COc1ccc(-n2c(C)cc(/C=C(/C#N)C(=O)N3CCC(n4ccnc4)CC3)c2C)cc1. The number of piperidine rings is 1. The molecule has 1 aliphatic heterocycles. The quantitative estimate of drug-likeness (QED) is 0.453. The maximum Gasteiger partial charge on any atom is 0.264 e. The summed E-state index contributed by atoms with van der Waals surface area (Å²) in [4.78, 5) is 19.0. The van der Waals surface area contributed by atoms with Crippen LogP contribution < -0.4 is 4.74 Å². The third-order valence-corrected chi connectivity index (χ3v) is 6.15. The first-order chi connectivity index (χ1) is 15.5. The van der Waals surface area contributed by atoms with Gasteiger partial charge in [0.2, 0.25) is 0 Å². The average Bonchev–Trinajstić information content (AvgIpc) is 3.45. The molecule has 1 fully saturated rings. The lowest BCUT2D eigenvalue weighted by Gasteiger charge is -2.32. The number of rotatable bonds is 5. The lowest BCUT2D eigenvalue weighted by molar-refractivity contribution is -0.127. The zero-order valence-electron chi connectivity index (χ0n) is 18.7. The molecule has 1 aliphatic rings. The Bertz CT molecular complexity index is 1160. The van der Waals surface area contributed by atoms with E-state index < -0.39 is 0 Å². The zero-order chi connectivity index (χ0) is 22.7. The summed E-state index contributed by atoms with van der Waals surface area (Å²) in [5.74, 6) is 0.594. The van der Waals surface area contributed by atoms with Gasteiger partial charge in [0.05, 0.1) is 13.4 Å². The van der Waals surface area contributed by atoms with Crippen molar-refractivity contribution < 1.29 is 9.53 Å². The smallest absolute Gasteiger partial charge is 0.264 e. The maximum atomic E-state index is 13.1. The number of methoxy groups -OCH3 is 1. The fourth-order valence-electron chi connectivity index (χ4n) is 4.38. The van der Waals surface area contributed by atoms with Crippen LogP contribution in [0, 0.1) is 25.2 Å². The highest BCUT2D eigenvalue weighted by atomic mass is 16.5. The Morgan fingerprint density at radius 1 is 1.22 bits per heavy atom. The van der Waals surface area contributed by atoms with Gasteiger partial charge < -0.3 is 18.8 Å². The number of carbonyl (C=O) groups is 1. The summed E-state index contributed by atoms with van der Waals surface area (Å²) in [5.41, 5.74) is 4.06. The summed E-state index contributed by atoms with van der Waals surface area (Å²) in [5, 5.41) is 9.73. The molecule has 2 aromatic heterocycles. The van der Waals surface area contributed by atoms with Crippen LogP contribution >= 0.6 is 0 Å². The molecule has 0 N–H and O–H groups in total. The van der Waals surface area contributed by atoms with Gasteiger partial charge in [-0.3, -0.25) is 4.79 Å². The van der Waals surface area contributed by atoms with Crippen LogP contribution in [0.1, 0.15) is 35.8 Å². The molecule has 0 radical (unpaired) electrons. The van der Waals surface area contributed by atoms with E-state index in [9.17, 15) is 10.1 Å². The zero-order valence-corrected chi connectivity index (χ0v) is 18.7. The van der Waals surface area contributed by atoms with E-state index in [2.05, 4.69) is 20.2 Å². The van der Waals surface area contributed by atoms with Gasteiger partial charge >= 0.3 is 0 Å². The van der Waals surface area contributed by atoms with Crippen molar-refractivity contribution in [2.75, 3.05) is 20.2 Å². The van der Waals surface area contributed by atoms with Crippen molar-refractivity contribution in [3.05, 3.63) is 71.6 Å².